The average Bonchev–Trinajstić information content (AvgIpc) is 3.14. The third kappa shape index (κ3) is 5.48. The summed E-state index contributed by atoms with van der Waals surface area (Å²) in [4.78, 5) is 24.3. The van der Waals surface area contributed by atoms with Crippen LogP contribution < -0.4 is 11.1 Å². The summed E-state index contributed by atoms with van der Waals surface area (Å²) in [5.41, 5.74) is 8.00. The van der Waals surface area contributed by atoms with Crippen LogP contribution in [0.2, 0.25) is 0 Å². The van der Waals surface area contributed by atoms with E-state index < -0.39 is 5.25 Å². The van der Waals surface area contributed by atoms with Gasteiger partial charge in [-0.25, -0.2) is 0 Å². The van der Waals surface area contributed by atoms with Crippen molar-refractivity contribution >= 4 is 29.3 Å². The molecule has 0 saturated heterocycles. The number of carbonyl (C=O) groups is 2. The van der Waals surface area contributed by atoms with Crippen LogP contribution in [0.15, 0.2) is 59.8 Å². The van der Waals surface area contributed by atoms with Gasteiger partial charge >= 0.3 is 0 Å². The van der Waals surface area contributed by atoms with E-state index in [1.54, 1.807) is 0 Å². The van der Waals surface area contributed by atoms with E-state index in [0.717, 1.165) is 16.8 Å². The van der Waals surface area contributed by atoms with Gasteiger partial charge in [0.1, 0.15) is 11.1 Å². The van der Waals surface area contributed by atoms with Gasteiger partial charge in [0, 0.05) is 25.1 Å². The number of hydrogen-bond acceptors (Lipinski definition) is 5. The zero-order valence-corrected chi connectivity index (χ0v) is 17.9. The first-order valence-electron chi connectivity index (χ1n) is 9.77. The highest BCUT2D eigenvalue weighted by Gasteiger charge is 2.25. The highest BCUT2D eigenvalue weighted by molar-refractivity contribution is 8.00. The second-order valence-electron chi connectivity index (χ2n) is 6.87. The number of rotatable bonds is 9. The summed E-state index contributed by atoms with van der Waals surface area (Å²) >= 11 is 1.34. The number of amides is 2. The van der Waals surface area contributed by atoms with Crippen molar-refractivity contribution in [3.8, 4) is 0 Å². The molecule has 0 unspecified atom stereocenters. The highest BCUT2D eigenvalue weighted by Crippen LogP contribution is 2.35. The van der Waals surface area contributed by atoms with Crippen LogP contribution in [0.1, 0.15) is 35.5 Å². The molecule has 0 fully saturated rings. The lowest BCUT2D eigenvalue weighted by atomic mass is 10.1. The number of benzene rings is 2. The molecule has 1 aromatic heterocycles. The first-order valence-corrected chi connectivity index (χ1v) is 10.7. The van der Waals surface area contributed by atoms with Crippen molar-refractivity contribution in [2.75, 3.05) is 5.32 Å². The van der Waals surface area contributed by atoms with Crippen LogP contribution in [0.5, 0.6) is 0 Å². The molecule has 1 heterocycles. The van der Waals surface area contributed by atoms with Crippen molar-refractivity contribution in [1.29, 1.82) is 0 Å². The average molecular weight is 424 g/mol. The van der Waals surface area contributed by atoms with Crippen LogP contribution in [0, 0.1) is 6.92 Å². The number of hydrogen-bond donors (Lipinski definition) is 2. The minimum absolute atomic E-state index is 0.139. The largest absolute Gasteiger partial charge is 0.370 e. The number of primary amides is 1. The number of thioether (sulfide) groups is 1. The quantitative estimate of drug-likeness (QED) is 0.513. The first-order chi connectivity index (χ1) is 14.5. The van der Waals surface area contributed by atoms with Crippen LogP contribution in [0.25, 0.3) is 0 Å². The lowest BCUT2D eigenvalue weighted by molar-refractivity contribution is -0.118. The van der Waals surface area contributed by atoms with E-state index in [0.29, 0.717) is 23.9 Å². The van der Waals surface area contributed by atoms with E-state index in [1.807, 2.05) is 73.0 Å². The molecular weight excluding hydrogens is 398 g/mol. The highest BCUT2D eigenvalue weighted by atomic mass is 32.2. The third-order valence-corrected chi connectivity index (χ3v) is 5.82. The molecule has 0 bridgehead atoms. The Morgan fingerprint density at radius 3 is 2.43 bits per heavy atom. The normalized spacial score (nSPS) is 11.8. The second kappa shape index (κ2) is 10.1. The molecule has 3 aromatic rings. The Morgan fingerprint density at radius 2 is 1.80 bits per heavy atom. The van der Waals surface area contributed by atoms with Gasteiger partial charge < -0.3 is 15.6 Å². The molecule has 8 heteroatoms. The Bertz CT molecular complexity index is 1000. The maximum Gasteiger partial charge on any atom is 0.242 e. The molecule has 3 N–H and O–H groups in total. The van der Waals surface area contributed by atoms with Crippen LogP contribution >= 0.6 is 11.8 Å². The Morgan fingerprint density at radius 1 is 1.10 bits per heavy atom. The summed E-state index contributed by atoms with van der Waals surface area (Å²) in [5, 5.41) is 11.6. The fourth-order valence-corrected chi connectivity index (χ4v) is 4.11. The van der Waals surface area contributed by atoms with E-state index in [1.165, 1.54) is 11.8 Å². The molecule has 1 atom stereocenters. The lowest BCUT2D eigenvalue weighted by Crippen LogP contribution is -2.19. The van der Waals surface area contributed by atoms with Gasteiger partial charge in [-0.15, -0.1) is 10.2 Å². The Labute approximate surface area is 180 Å². The number of aryl methyl sites for hydroxylation is 2. The number of carbonyl (C=O) groups excluding carboxylic acids is 2. The van der Waals surface area contributed by atoms with Gasteiger partial charge in [0.05, 0.1) is 0 Å². The molecule has 0 aliphatic rings. The van der Waals surface area contributed by atoms with Crippen molar-refractivity contribution in [1.82, 2.24) is 14.8 Å². The third-order valence-electron chi connectivity index (χ3n) is 4.59. The summed E-state index contributed by atoms with van der Waals surface area (Å²) < 4.78 is 1.92. The zero-order chi connectivity index (χ0) is 21.5. The minimum atomic E-state index is -0.508. The fraction of sp³-hybridized carbons (Fsp3) is 0.273. The molecular formula is C22H25N5O2S. The van der Waals surface area contributed by atoms with Gasteiger partial charge in [-0.3, -0.25) is 9.59 Å². The molecule has 0 aliphatic heterocycles. The maximum atomic E-state index is 13.2. The molecule has 0 spiro atoms. The van der Waals surface area contributed by atoms with Crippen molar-refractivity contribution in [2.24, 2.45) is 5.73 Å². The first kappa shape index (κ1) is 21.6. The van der Waals surface area contributed by atoms with Crippen molar-refractivity contribution in [3.05, 3.63) is 71.5 Å². The summed E-state index contributed by atoms with van der Waals surface area (Å²) in [5.74, 6) is 0.165. The minimum Gasteiger partial charge on any atom is -0.370 e. The van der Waals surface area contributed by atoms with E-state index >= 15 is 0 Å². The summed E-state index contributed by atoms with van der Waals surface area (Å²) in [6.07, 6.45) is 0.626. The fourth-order valence-electron chi connectivity index (χ4n) is 2.99. The summed E-state index contributed by atoms with van der Waals surface area (Å²) in [7, 11) is 0. The molecule has 0 radical (unpaired) electrons. The van der Waals surface area contributed by atoms with E-state index in [9.17, 15) is 9.59 Å². The number of nitrogens with zero attached hydrogens (tertiary/aromatic N) is 3. The standard InChI is InChI=1S/C22H25N5O2S/c1-3-27-19(14-13-18(23)28)25-26-22(27)30-20(16-7-5-4-6-8-16)21(29)24-17-11-9-15(2)10-12-17/h4-12,20H,3,13-14H2,1-2H3,(H2,23,28)(H,24,29)/t20-/m1/s1. The van der Waals surface area contributed by atoms with Gasteiger partial charge in [0.2, 0.25) is 11.8 Å². The molecule has 0 aliphatic carbocycles. The molecule has 2 aromatic carbocycles. The molecule has 3 rings (SSSR count). The monoisotopic (exact) mass is 423 g/mol. The van der Waals surface area contributed by atoms with Crippen molar-refractivity contribution < 1.29 is 9.59 Å². The van der Waals surface area contributed by atoms with Crippen LogP contribution in [0.4, 0.5) is 5.69 Å². The molecule has 156 valence electrons. The van der Waals surface area contributed by atoms with Crippen molar-refractivity contribution in [2.45, 2.75) is 43.6 Å². The predicted octanol–water partition coefficient (Wildman–Crippen LogP) is 3.50. The summed E-state index contributed by atoms with van der Waals surface area (Å²) in [6, 6.07) is 17.3. The van der Waals surface area contributed by atoms with Gasteiger partial charge in [-0.2, -0.15) is 0 Å². The van der Waals surface area contributed by atoms with Gasteiger partial charge in [0.15, 0.2) is 5.16 Å². The van der Waals surface area contributed by atoms with E-state index in [-0.39, 0.29) is 18.2 Å². The van der Waals surface area contributed by atoms with Crippen LogP contribution in [-0.4, -0.2) is 26.6 Å². The smallest absolute Gasteiger partial charge is 0.242 e. The lowest BCUT2D eigenvalue weighted by Gasteiger charge is -2.17. The topological polar surface area (TPSA) is 103 Å². The Balaban J connectivity index is 1.85. The number of nitrogens with two attached hydrogens (primary N) is 1. The number of aromatic nitrogens is 3. The number of anilines is 1. The summed E-state index contributed by atoms with van der Waals surface area (Å²) in [6.45, 7) is 4.61. The van der Waals surface area contributed by atoms with Gasteiger partial charge in [-0.05, 0) is 31.5 Å². The zero-order valence-electron chi connectivity index (χ0n) is 17.0. The molecule has 30 heavy (non-hydrogen) atoms. The molecule has 7 nitrogen and oxygen atoms in total. The molecule has 2 amide bonds. The van der Waals surface area contributed by atoms with Crippen molar-refractivity contribution in [3.63, 3.8) is 0 Å². The number of nitrogens with one attached hydrogen (secondary N) is 1. The van der Waals surface area contributed by atoms with E-state index in [4.69, 9.17) is 5.73 Å². The van der Waals surface area contributed by atoms with E-state index in [2.05, 4.69) is 15.5 Å². The van der Waals surface area contributed by atoms with Gasteiger partial charge in [-0.1, -0.05) is 59.8 Å². The van der Waals surface area contributed by atoms with Gasteiger partial charge in [0.25, 0.3) is 0 Å². The van der Waals surface area contributed by atoms with Crippen LogP contribution in [0.3, 0.4) is 0 Å². The SMILES string of the molecule is CCn1c(CCC(N)=O)nnc1S[C@@H](C(=O)Nc1ccc(C)cc1)c1ccccc1. The maximum absolute atomic E-state index is 13.2. The molecule has 0 saturated carbocycles. The predicted molar refractivity (Wildman–Crippen MR) is 118 cm³/mol. The second-order valence-corrected chi connectivity index (χ2v) is 7.95. The Kier molecular flexibility index (Phi) is 7.24. The Hall–Kier alpha value is -3.13. The van der Waals surface area contributed by atoms with Crippen LogP contribution in [-0.2, 0) is 22.6 Å².